The Morgan fingerprint density at radius 1 is 0.889 bits per heavy atom. The first kappa shape index (κ1) is 17.9. The lowest BCUT2D eigenvalue weighted by molar-refractivity contribution is 0.100. The Labute approximate surface area is 115 Å². The second-order valence-corrected chi connectivity index (χ2v) is 5.99. The van der Waals surface area contributed by atoms with Gasteiger partial charge in [-0.25, -0.2) is 0 Å². The number of unbranched alkanes of at least 4 members (excludes halogenated alkanes) is 2. The summed E-state index contributed by atoms with van der Waals surface area (Å²) in [5.41, 5.74) is 0. The van der Waals surface area contributed by atoms with Crippen molar-refractivity contribution in [1.29, 1.82) is 0 Å². The highest BCUT2D eigenvalue weighted by atomic mass is 16.3. The van der Waals surface area contributed by atoms with E-state index in [4.69, 9.17) is 0 Å². The molecule has 1 N–H and O–H groups in total. The molecule has 0 amide bonds. The monoisotopic (exact) mass is 257 g/mol. The van der Waals surface area contributed by atoms with Crippen LogP contribution < -0.4 is 0 Å². The summed E-state index contributed by atoms with van der Waals surface area (Å²) in [4.78, 5) is 2.45. The van der Waals surface area contributed by atoms with Crippen LogP contribution in [0.4, 0.5) is 0 Å². The van der Waals surface area contributed by atoms with Gasteiger partial charge in [0.15, 0.2) is 0 Å². The van der Waals surface area contributed by atoms with Crippen LogP contribution in [0.5, 0.6) is 0 Å². The minimum Gasteiger partial charge on any atom is -0.392 e. The Balaban J connectivity index is 3.81. The molecule has 18 heavy (non-hydrogen) atoms. The fourth-order valence-corrected chi connectivity index (χ4v) is 2.21. The standard InChI is InChI=1S/C16H35NO/c1-5-7-12-17(13-8-6-2)14-16(18)11-9-10-15(3)4/h15-16,18H,5-14H2,1-4H3/t16-/m1/s1. The van der Waals surface area contributed by atoms with Gasteiger partial charge in [0, 0.05) is 6.54 Å². The molecule has 1 atom stereocenters. The van der Waals surface area contributed by atoms with Gasteiger partial charge in [-0.1, -0.05) is 53.4 Å². The van der Waals surface area contributed by atoms with Gasteiger partial charge >= 0.3 is 0 Å². The van der Waals surface area contributed by atoms with Crippen LogP contribution in [0.2, 0.25) is 0 Å². The Bertz CT molecular complexity index is 162. The van der Waals surface area contributed by atoms with Crippen LogP contribution in [0.1, 0.15) is 72.6 Å². The zero-order valence-electron chi connectivity index (χ0n) is 13.1. The van der Waals surface area contributed by atoms with Crippen molar-refractivity contribution in [1.82, 2.24) is 4.90 Å². The maximum absolute atomic E-state index is 10.1. The van der Waals surface area contributed by atoms with Crippen molar-refractivity contribution in [3.8, 4) is 0 Å². The van der Waals surface area contributed by atoms with E-state index >= 15 is 0 Å². The molecule has 0 saturated carbocycles. The maximum Gasteiger partial charge on any atom is 0.0667 e. The molecular formula is C16H35NO. The number of hydrogen-bond acceptors (Lipinski definition) is 2. The van der Waals surface area contributed by atoms with Gasteiger partial charge in [0.1, 0.15) is 0 Å². The Hall–Kier alpha value is -0.0800. The Morgan fingerprint density at radius 2 is 1.44 bits per heavy atom. The van der Waals surface area contributed by atoms with E-state index in [0.717, 1.165) is 38.4 Å². The average Bonchev–Trinajstić information content (AvgIpc) is 2.32. The average molecular weight is 257 g/mol. The van der Waals surface area contributed by atoms with Crippen LogP contribution >= 0.6 is 0 Å². The third-order valence-electron chi connectivity index (χ3n) is 3.44. The van der Waals surface area contributed by atoms with Crippen molar-refractivity contribution >= 4 is 0 Å². The molecule has 110 valence electrons. The van der Waals surface area contributed by atoms with Crippen LogP contribution in [-0.4, -0.2) is 35.7 Å². The summed E-state index contributed by atoms with van der Waals surface area (Å²) >= 11 is 0. The predicted molar refractivity (Wildman–Crippen MR) is 81.0 cm³/mol. The summed E-state index contributed by atoms with van der Waals surface area (Å²) in [5.74, 6) is 0.758. The minimum absolute atomic E-state index is 0.127. The second kappa shape index (κ2) is 12.0. The van der Waals surface area contributed by atoms with Crippen molar-refractivity contribution in [3.05, 3.63) is 0 Å². The highest BCUT2D eigenvalue weighted by Gasteiger charge is 2.11. The molecule has 2 nitrogen and oxygen atoms in total. The van der Waals surface area contributed by atoms with Gasteiger partial charge in [0.05, 0.1) is 6.10 Å². The van der Waals surface area contributed by atoms with Gasteiger partial charge in [0.2, 0.25) is 0 Å². The number of aliphatic hydroxyl groups is 1. The zero-order chi connectivity index (χ0) is 13.8. The van der Waals surface area contributed by atoms with E-state index in [2.05, 4.69) is 32.6 Å². The van der Waals surface area contributed by atoms with Crippen LogP contribution in [0, 0.1) is 5.92 Å². The summed E-state index contributed by atoms with van der Waals surface area (Å²) in [6.45, 7) is 12.1. The molecular weight excluding hydrogens is 222 g/mol. The van der Waals surface area contributed by atoms with Gasteiger partial charge in [-0.15, -0.1) is 0 Å². The lowest BCUT2D eigenvalue weighted by atomic mass is 10.0. The summed E-state index contributed by atoms with van der Waals surface area (Å²) < 4.78 is 0. The SMILES string of the molecule is CCCCN(CCCC)C[C@H](O)CCCC(C)C. The molecule has 0 heterocycles. The highest BCUT2D eigenvalue weighted by Crippen LogP contribution is 2.10. The lowest BCUT2D eigenvalue weighted by Crippen LogP contribution is -2.34. The molecule has 0 radical (unpaired) electrons. The van der Waals surface area contributed by atoms with Crippen LogP contribution in [-0.2, 0) is 0 Å². The third-order valence-corrected chi connectivity index (χ3v) is 3.44. The molecule has 0 aromatic carbocycles. The molecule has 0 aromatic heterocycles. The van der Waals surface area contributed by atoms with E-state index < -0.39 is 0 Å². The predicted octanol–water partition coefficient (Wildman–Crippen LogP) is 4.08. The molecule has 0 saturated heterocycles. The highest BCUT2D eigenvalue weighted by molar-refractivity contribution is 4.65. The molecule has 0 spiro atoms. The number of aliphatic hydroxyl groups excluding tert-OH is 1. The summed E-state index contributed by atoms with van der Waals surface area (Å²) in [6.07, 6.45) is 8.22. The fraction of sp³-hybridized carbons (Fsp3) is 1.00. The number of hydrogen-bond donors (Lipinski definition) is 1. The molecule has 0 aliphatic rings. The third kappa shape index (κ3) is 11.0. The van der Waals surface area contributed by atoms with Gasteiger partial charge in [-0.05, 0) is 38.3 Å². The Morgan fingerprint density at radius 3 is 1.89 bits per heavy atom. The van der Waals surface area contributed by atoms with Crippen LogP contribution in [0.15, 0.2) is 0 Å². The molecule has 0 bridgehead atoms. The van der Waals surface area contributed by atoms with Gasteiger partial charge in [-0.3, -0.25) is 0 Å². The zero-order valence-corrected chi connectivity index (χ0v) is 13.1. The van der Waals surface area contributed by atoms with E-state index in [1.807, 2.05) is 0 Å². The first-order valence-corrected chi connectivity index (χ1v) is 8.00. The van der Waals surface area contributed by atoms with E-state index in [0.29, 0.717) is 0 Å². The van der Waals surface area contributed by atoms with E-state index in [1.165, 1.54) is 32.1 Å². The van der Waals surface area contributed by atoms with Gasteiger partial charge in [0.25, 0.3) is 0 Å². The van der Waals surface area contributed by atoms with Crippen LogP contribution in [0.25, 0.3) is 0 Å². The molecule has 0 rings (SSSR count). The quantitative estimate of drug-likeness (QED) is 0.569. The van der Waals surface area contributed by atoms with Crippen molar-refractivity contribution in [2.45, 2.75) is 78.7 Å². The molecule has 0 fully saturated rings. The summed E-state index contributed by atoms with van der Waals surface area (Å²) in [5, 5.41) is 10.1. The van der Waals surface area contributed by atoms with Crippen LogP contribution in [0.3, 0.4) is 0 Å². The number of nitrogens with zero attached hydrogens (tertiary/aromatic N) is 1. The maximum atomic E-state index is 10.1. The fourth-order valence-electron chi connectivity index (χ4n) is 2.21. The largest absolute Gasteiger partial charge is 0.392 e. The molecule has 0 unspecified atom stereocenters. The minimum atomic E-state index is -0.127. The van der Waals surface area contributed by atoms with E-state index in [1.54, 1.807) is 0 Å². The second-order valence-electron chi connectivity index (χ2n) is 5.99. The summed E-state index contributed by atoms with van der Waals surface area (Å²) in [7, 11) is 0. The lowest BCUT2D eigenvalue weighted by Gasteiger charge is -2.25. The van der Waals surface area contributed by atoms with Gasteiger partial charge in [-0.2, -0.15) is 0 Å². The molecule has 0 aliphatic heterocycles. The van der Waals surface area contributed by atoms with Crippen molar-refractivity contribution in [2.24, 2.45) is 5.92 Å². The van der Waals surface area contributed by atoms with Crippen molar-refractivity contribution in [3.63, 3.8) is 0 Å². The first-order valence-electron chi connectivity index (χ1n) is 8.00. The molecule has 2 heteroatoms. The Kier molecular flexibility index (Phi) is 11.9. The molecule has 0 aliphatic carbocycles. The van der Waals surface area contributed by atoms with E-state index in [9.17, 15) is 5.11 Å². The molecule has 0 aromatic rings. The summed E-state index contributed by atoms with van der Waals surface area (Å²) in [6, 6.07) is 0. The topological polar surface area (TPSA) is 23.5 Å². The van der Waals surface area contributed by atoms with E-state index in [-0.39, 0.29) is 6.10 Å². The van der Waals surface area contributed by atoms with Crippen molar-refractivity contribution < 1.29 is 5.11 Å². The normalized spacial score (nSPS) is 13.5. The van der Waals surface area contributed by atoms with Crippen molar-refractivity contribution in [2.75, 3.05) is 19.6 Å². The van der Waals surface area contributed by atoms with Gasteiger partial charge < -0.3 is 10.0 Å². The first-order chi connectivity index (χ1) is 8.60. The number of rotatable bonds is 12. The smallest absolute Gasteiger partial charge is 0.0667 e.